The van der Waals surface area contributed by atoms with Gasteiger partial charge in [0.1, 0.15) is 17.3 Å². The highest BCUT2D eigenvalue weighted by molar-refractivity contribution is 6.30. The molecule has 0 unspecified atom stereocenters. The minimum Gasteiger partial charge on any atom is -0.493 e. The van der Waals surface area contributed by atoms with E-state index in [-0.39, 0.29) is 17.9 Å². The lowest BCUT2D eigenvalue weighted by Gasteiger charge is -2.19. The maximum absolute atomic E-state index is 13.5. The molecule has 0 spiro atoms. The van der Waals surface area contributed by atoms with Crippen molar-refractivity contribution in [2.75, 3.05) is 13.2 Å². The van der Waals surface area contributed by atoms with E-state index in [0.29, 0.717) is 60.3 Å². The number of aryl methyl sites for hydroxylation is 3. The van der Waals surface area contributed by atoms with Crippen LogP contribution in [-0.2, 0) is 22.4 Å². The standard InChI is InChI=1S/C30H34ClFO5/c1-5-22-18-26(11-7-23(22)8-14-30(33)34-6-2)35-16-15-21(4)36-28-12-9-24(31)19-29(28)37-27-13-10-25(32)17-20(27)3/h7,9-13,17-19,21H,5-6,8,14-16H2,1-4H3/t21-/m1/s1. The van der Waals surface area contributed by atoms with Gasteiger partial charge in [-0.1, -0.05) is 24.6 Å². The van der Waals surface area contributed by atoms with Crippen LogP contribution in [0, 0.1) is 12.7 Å². The predicted molar refractivity (Wildman–Crippen MR) is 144 cm³/mol. The van der Waals surface area contributed by atoms with Gasteiger partial charge in [-0.05, 0) is 92.8 Å². The first-order chi connectivity index (χ1) is 17.8. The van der Waals surface area contributed by atoms with Crippen molar-refractivity contribution >= 4 is 17.6 Å². The fraction of sp³-hybridized carbons (Fsp3) is 0.367. The summed E-state index contributed by atoms with van der Waals surface area (Å²) in [7, 11) is 0. The Bertz CT molecular complexity index is 1200. The molecule has 7 heteroatoms. The third-order valence-electron chi connectivity index (χ3n) is 5.85. The predicted octanol–water partition coefficient (Wildman–Crippen LogP) is 7.87. The van der Waals surface area contributed by atoms with E-state index in [1.165, 1.54) is 12.1 Å². The maximum Gasteiger partial charge on any atom is 0.306 e. The third kappa shape index (κ3) is 8.67. The molecule has 0 radical (unpaired) electrons. The van der Waals surface area contributed by atoms with Crippen LogP contribution in [0.3, 0.4) is 0 Å². The van der Waals surface area contributed by atoms with E-state index < -0.39 is 0 Å². The summed E-state index contributed by atoms with van der Waals surface area (Å²) in [6.07, 6.45) is 2.35. The van der Waals surface area contributed by atoms with Crippen molar-refractivity contribution in [1.29, 1.82) is 0 Å². The SMILES string of the molecule is CCOC(=O)CCc1ccc(OCC[C@@H](C)Oc2ccc(Cl)cc2Oc2ccc(F)cc2C)cc1CC. The molecule has 0 saturated carbocycles. The fourth-order valence-electron chi connectivity index (χ4n) is 3.86. The number of carbonyl (C=O) groups excluding carboxylic acids is 1. The summed E-state index contributed by atoms with van der Waals surface area (Å²) in [5, 5.41) is 0.510. The monoisotopic (exact) mass is 528 g/mol. The number of esters is 1. The molecule has 0 N–H and O–H groups in total. The first-order valence-corrected chi connectivity index (χ1v) is 13.0. The van der Waals surface area contributed by atoms with Crippen molar-refractivity contribution in [2.45, 2.75) is 59.5 Å². The number of benzene rings is 3. The minimum absolute atomic E-state index is 0.160. The van der Waals surface area contributed by atoms with E-state index in [1.54, 1.807) is 31.2 Å². The second kappa shape index (κ2) is 13.9. The number of carbonyl (C=O) groups is 1. The fourth-order valence-corrected chi connectivity index (χ4v) is 4.02. The van der Waals surface area contributed by atoms with Gasteiger partial charge in [-0.2, -0.15) is 0 Å². The van der Waals surface area contributed by atoms with Gasteiger partial charge in [0.05, 0.1) is 19.3 Å². The number of hydrogen-bond donors (Lipinski definition) is 0. The Kier molecular flexibility index (Phi) is 10.6. The van der Waals surface area contributed by atoms with Crippen LogP contribution in [0.25, 0.3) is 0 Å². The van der Waals surface area contributed by atoms with Crippen molar-refractivity contribution in [3.05, 3.63) is 82.1 Å². The molecule has 3 aromatic rings. The van der Waals surface area contributed by atoms with Crippen molar-refractivity contribution < 1.29 is 28.1 Å². The summed E-state index contributed by atoms with van der Waals surface area (Å²) in [6.45, 7) is 8.50. The highest BCUT2D eigenvalue weighted by Gasteiger charge is 2.14. The number of rotatable bonds is 13. The average Bonchev–Trinajstić information content (AvgIpc) is 2.86. The van der Waals surface area contributed by atoms with Crippen LogP contribution in [0.4, 0.5) is 4.39 Å². The van der Waals surface area contributed by atoms with E-state index in [9.17, 15) is 9.18 Å². The molecule has 0 saturated heterocycles. The summed E-state index contributed by atoms with van der Waals surface area (Å²) < 4.78 is 36.6. The minimum atomic E-state index is -0.321. The molecule has 0 bridgehead atoms. The zero-order valence-corrected chi connectivity index (χ0v) is 22.6. The summed E-state index contributed by atoms with van der Waals surface area (Å²) in [5.41, 5.74) is 2.96. The Morgan fingerprint density at radius 3 is 2.49 bits per heavy atom. The quantitative estimate of drug-likeness (QED) is 0.211. The van der Waals surface area contributed by atoms with Crippen LogP contribution in [0.5, 0.6) is 23.0 Å². The van der Waals surface area contributed by atoms with Crippen LogP contribution < -0.4 is 14.2 Å². The van der Waals surface area contributed by atoms with Crippen molar-refractivity contribution in [2.24, 2.45) is 0 Å². The smallest absolute Gasteiger partial charge is 0.306 e. The molecule has 0 aliphatic carbocycles. The molecule has 3 aromatic carbocycles. The molecule has 0 aromatic heterocycles. The van der Waals surface area contributed by atoms with Gasteiger partial charge in [0, 0.05) is 23.9 Å². The lowest BCUT2D eigenvalue weighted by Crippen LogP contribution is -2.16. The molecular weight excluding hydrogens is 495 g/mol. The van der Waals surface area contributed by atoms with Crippen LogP contribution in [0.2, 0.25) is 5.02 Å². The Morgan fingerprint density at radius 2 is 1.76 bits per heavy atom. The van der Waals surface area contributed by atoms with Gasteiger partial charge < -0.3 is 18.9 Å². The summed E-state index contributed by atoms with van der Waals surface area (Å²) in [4.78, 5) is 11.7. The molecule has 0 aliphatic heterocycles. The molecule has 3 rings (SSSR count). The Hall–Kier alpha value is -3.25. The van der Waals surface area contributed by atoms with Crippen LogP contribution in [0.15, 0.2) is 54.6 Å². The average molecular weight is 529 g/mol. The maximum atomic E-state index is 13.5. The first kappa shape index (κ1) is 28.3. The molecule has 198 valence electrons. The van der Waals surface area contributed by atoms with Crippen LogP contribution in [-0.4, -0.2) is 25.3 Å². The summed E-state index contributed by atoms with van der Waals surface area (Å²) >= 11 is 6.18. The highest BCUT2D eigenvalue weighted by atomic mass is 35.5. The Morgan fingerprint density at radius 1 is 0.973 bits per heavy atom. The van der Waals surface area contributed by atoms with Crippen LogP contribution in [0.1, 0.15) is 50.3 Å². The van der Waals surface area contributed by atoms with Crippen molar-refractivity contribution in [3.63, 3.8) is 0 Å². The van der Waals surface area contributed by atoms with Gasteiger partial charge in [0.15, 0.2) is 11.5 Å². The van der Waals surface area contributed by atoms with Gasteiger partial charge in [0.2, 0.25) is 0 Å². The van der Waals surface area contributed by atoms with Crippen molar-refractivity contribution in [1.82, 2.24) is 0 Å². The Labute approximate surface area is 223 Å². The normalized spacial score (nSPS) is 11.6. The lowest BCUT2D eigenvalue weighted by molar-refractivity contribution is -0.143. The van der Waals surface area contributed by atoms with E-state index in [2.05, 4.69) is 6.92 Å². The van der Waals surface area contributed by atoms with Gasteiger partial charge in [-0.25, -0.2) is 4.39 Å². The molecule has 0 aliphatic rings. The molecule has 5 nitrogen and oxygen atoms in total. The van der Waals surface area contributed by atoms with Gasteiger partial charge in [-0.15, -0.1) is 0 Å². The Balaban J connectivity index is 1.56. The molecule has 37 heavy (non-hydrogen) atoms. The molecule has 0 amide bonds. The van der Waals surface area contributed by atoms with E-state index >= 15 is 0 Å². The van der Waals surface area contributed by atoms with Crippen molar-refractivity contribution in [3.8, 4) is 23.0 Å². The second-order valence-corrected chi connectivity index (χ2v) is 9.19. The van der Waals surface area contributed by atoms with Crippen LogP contribution >= 0.6 is 11.6 Å². The molecule has 0 heterocycles. The topological polar surface area (TPSA) is 54.0 Å². The van der Waals surface area contributed by atoms with E-state index in [4.69, 9.17) is 30.5 Å². The summed E-state index contributed by atoms with van der Waals surface area (Å²) in [6, 6.07) is 15.5. The largest absolute Gasteiger partial charge is 0.493 e. The number of hydrogen-bond acceptors (Lipinski definition) is 5. The van der Waals surface area contributed by atoms with E-state index in [0.717, 1.165) is 23.3 Å². The molecular formula is C30H34ClFO5. The number of halogens is 2. The molecule has 0 fully saturated rings. The molecule has 1 atom stereocenters. The van der Waals surface area contributed by atoms with Gasteiger partial charge in [0.25, 0.3) is 0 Å². The zero-order chi connectivity index (χ0) is 26.8. The first-order valence-electron chi connectivity index (χ1n) is 12.6. The number of ether oxygens (including phenoxy) is 4. The summed E-state index contributed by atoms with van der Waals surface area (Å²) in [5.74, 6) is 1.81. The third-order valence-corrected chi connectivity index (χ3v) is 6.08. The lowest BCUT2D eigenvalue weighted by atomic mass is 10.0. The second-order valence-electron chi connectivity index (χ2n) is 8.76. The van der Waals surface area contributed by atoms with Gasteiger partial charge >= 0.3 is 5.97 Å². The zero-order valence-electron chi connectivity index (χ0n) is 21.8. The van der Waals surface area contributed by atoms with E-state index in [1.807, 2.05) is 32.0 Å². The van der Waals surface area contributed by atoms with Gasteiger partial charge in [-0.3, -0.25) is 4.79 Å². The highest BCUT2D eigenvalue weighted by Crippen LogP contribution is 2.36.